The van der Waals surface area contributed by atoms with Crippen LogP contribution in [0, 0.1) is 0 Å². The van der Waals surface area contributed by atoms with Gasteiger partial charge in [0.2, 0.25) is 0 Å². The van der Waals surface area contributed by atoms with Crippen LogP contribution in [0.2, 0.25) is 0 Å². The van der Waals surface area contributed by atoms with Crippen LogP contribution in [0.25, 0.3) is 0 Å². The van der Waals surface area contributed by atoms with Gasteiger partial charge in [0.15, 0.2) is 0 Å². The molecule has 3 nitrogen and oxygen atoms in total. The first-order valence-electron chi connectivity index (χ1n) is 1.16. The molecule has 0 aliphatic rings. The fourth-order valence-corrected chi connectivity index (χ4v) is 0. The normalized spacial score (nSPS) is 5.50. The van der Waals surface area contributed by atoms with E-state index in [2.05, 4.69) is 17.9 Å². The van der Waals surface area contributed by atoms with Crippen molar-refractivity contribution in [1.82, 2.24) is 11.5 Å². The van der Waals surface area contributed by atoms with Gasteiger partial charge in [-0.05, 0) is 0 Å². The smallest absolute Gasteiger partial charge is 0.0978 e. The van der Waals surface area contributed by atoms with Crippen LogP contribution in [-0.2, 0) is 12.6 Å². The fourth-order valence-electron chi connectivity index (χ4n) is 0. The zero-order chi connectivity index (χ0) is 4.28. The highest BCUT2D eigenvalue weighted by molar-refractivity contribution is 7.76. The molecule has 0 saturated carbocycles. The maximum atomic E-state index is 9.52. The molecule has 0 aliphatic heterocycles. The molecule has 5 N–H and O–H groups in total. The van der Waals surface area contributed by atoms with Crippen molar-refractivity contribution in [2.45, 2.75) is 0 Å². The van der Waals surface area contributed by atoms with Crippen LogP contribution in [0.1, 0.15) is 0 Å². The van der Waals surface area contributed by atoms with Crippen LogP contribution in [0.3, 0.4) is 0 Å². The summed E-state index contributed by atoms with van der Waals surface area (Å²) in [5, 5.41) is 1.79. The van der Waals surface area contributed by atoms with Gasteiger partial charge >= 0.3 is 0 Å². The van der Waals surface area contributed by atoms with Gasteiger partial charge in [0.25, 0.3) is 0 Å². The maximum Gasteiger partial charge on any atom is 0.0978 e. The molecule has 0 radical (unpaired) electrons. The number of hydrogen-bond acceptors (Lipinski definition) is 2. The third-order valence-electron chi connectivity index (χ3n) is 0.204. The third kappa shape index (κ3) is 9.41. The second-order valence-electron chi connectivity index (χ2n) is 0.537. The predicted molar refractivity (Wildman–Crippen MR) is 27.8 cm³/mol. The number of hydrogen-bond donors (Lipinski definition) is 2. The number of rotatable bonds is 0. The Morgan fingerprint density at radius 3 is 2.00 bits per heavy atom. The van der Waals surface area contributed by atoms with E-state index in [0.717, 1.165) is 0 Å². The summed E-state index contributed by atoms with van der Waals surface area (Å²) >= 11 is 4.03. The average Bonchev–Trinajstić information content (AvgIpc) is 1.38. The number of amides is 1. The first-order chi connectivity index (χ1) is 2.27. The van der Waals surface area contributed by atoms with Crippen molar-refractivity contribution in [2.24, 2.45) is 0 Å². The standard InChI is InChI=1S/C2H5NOS.H3N/c1-3-2(4)5;/h1H3,(H2,3,4,5);1H3. The Kier molecular flexibility index (Phi) is 7.11. The van der Waals surface area contributed by atoms with E-state index in [1.165, 1.54) is 7.05 Å². The Morgan fingerprint density at radius 2 is 2.00 bits per heavy atom. The topological polar surface area (TPSA) is 65.6 Å². The van der Waals surface area contributed by atoms with E-state index in [4.69, 9.17) is 0 Å². The summed E-state index contributed by atoms with van der Waals surface area (Å²) in [6, 6.07) is 0. The van der Waals surface area contributed by atoms with E-state index in [1.54, 1.807) is 0 Å². The molecule has 0 heterocycles. The SMILES string of the molecule is CNC(=O)[S-].[NH4+]. The molecule has 0 spiro atoms. The molecule has 0 bridgehead atoms. The van der Waals surface area contributed by atoms with E-state index in [0.29, 0.717) is 0 Å². The first-order valence-corrected chi connectivity index (χ1v) is 1.57. The quantitative estimate of drug-likeness (QED) is 0.437. The van der Waals surface area contributed by atoms with E-state index < -0.39 is 5.24 Å². The summed E-state index contributed by atoms with van der Waals surface area (Å²) in [7, 11) is 1.50. The van der Waals surface area contributed by atoms with Crippen molar-refractivity contribution >= 4 is 17.9 Å². The number of nitrogens with one attached hydrogen (secondary N) is 1. The number of carbonyl (C=O) groups is 1. The second kappa shape index (κ2) is 4.65. The summed E-state index contributed by atoms with van der Waals surface area (Å²) in [6.45, 7) is 0. The van der Waals surface area contributed by atoms with Crippen molar-refractivity contribution in [1.29, 1.82) is 0 Å². The van der Waals surface area contributed by atoms with E-state index >= 15 is 0 Å². The van der Waals surface area contributed by atoms with Gasteiger partial charge < -0.3 is 28.9 Å². The monoisotopic (exact) mass is 108 g/mol. The van der Waals surface area contributed by atoms with Crippen molar-refractivity contribution in [3.63, 3.8) is 0 Å². The Balaban J connectivity index is 0. The Bertz CT molecular complexity index is 46.8. The molecular formula is C2H8N2OS. The lowest BCUT2D eigenvalue weighted by Crippen LogP contribution is -2.10. The number of carbonyl (C=O) groups excluding carboxylic acids is 1. The lowest BCUT2D eigenvalue weighted by Gasteiger charge is -1.95. The van der Waals surface area contributed by atoms with Crippen molar-refractivity contribution in [2.75, 3.05) is 7.05 Å². The molecule has 0 fully saturated rings. The zero-order valence-corrected chi connectivity index (χ0v) is 4.63. The maximum absolute atomic E-state index is 9.52. The van der Waals surface area contributed by atoms with Crippen LogP contribution in [-0.4, -0.2) is 12.3 Å². The minimum absolute atomic E-state index is 0. The first kappa shape index (κ1) is 9.17. The van der Waals surface area contributed by atoms with Gasteiger partial charge in [-0.25, -0.2) is 0 Å². The van der Waals surface area contributed by atoms with Crippen LogP contribution in [0.5, 0.6) is 0 Å². The van der Waals surface area contributed by atoms with Gasteiger partial charge in [0, 0.05) is 7.05 Å². The molecule has 4 heteroatoms. The van der Waals surface area contributed by atoms with E-state index in [-0.39, 0.29) is 6.15 Å². The summed E-state index contributed by atoms with van der Waals surface area (Å²) < 4.78 is 0. The summed E-state index contributed by atoms with van der Waals surface area (Å²) in [5.41, 5.74) is 0. The lowest BCUT2D eigenvalue weighted by atomic mass is 11.2. The Morgan fingerprint density at radius 1 is 1.83 bits per heavy atom. The van der Waals surface area contributed by atoms with Crippen molar-refractivity contribution < 1.29 is 4.79 Å². The highest BCUT2D eigenvalue weighted by Gasteiger charge is 1.57. The molecular weight excluding hydrogens is 100 g/mol. The molecule has 0 aromatic carbocycles. The number of quaternary nitrogens is 1. The minimum atomic E-state index is -0.412. The van der Waals surface area contributed by atoms with E-state index in [9.17, 15) is 4.79 Å². The lowest BCUT2D eigenvalue weighted by molar-refractivity contribution is 0.262. The van der Waals surface area contributed by atoms with Crippen LogP contribution in [0.15, 0.2) is 0 Å². The van der Waals surface area contributed by atoms with E-state index in [1.807, 2.05) is 0 Å². The third-order valence-corrected chi connectivity index (χ3v) is 0.408. The molecule has 0 atom stereocenters. The highest BCUT2D eigenvalue weighted by Crippen LogP contribution is 1.50. The van der Waals surface area contributed by atoms with Gasteiger partial charge in [0.05, 0.1) is 5.24 Å². The molecule has 1 amide bonds. The fraction of sp³-hybridized carbons (Fsp3) is 0.500. The molecule has 0 aromatic rings. The van der Waals surface area contributed by atoms with Gasteiger partial charge in [-0.2, -0.15) is 0 Å². The van der Waals surface area contributed by atoms with Gasteiger partial charge in [0.1, 0.15) is 0 Å². The highest BCUT2D eigenvalue weighted by atomic mass is 32.1. The average molecular weight is 108 g/mol. The summed E-state index contributed by atoms with van der Waals surface area (Å²) in [6.07, 6.45) is 0. The molecule has 6 heavy (non-hydrogen) atoms. The van der Waals surface area contributed by atoms with Crippen molar-refractivity contribution in [3.8, 4) is 0 Å². The van der Waals surface area contributed by atoms with Crippen LogP contribution >= 0.6 is 0 Å². The van der Waals surface area contributed by atoms with Gasteiger partial charge in [-0.1, -0.05) is 0 Å². The van der Waals surface area contributed by atoms with Gasteiger partial charge in [-0.3, -0.25) is 0 Å². The minimum Gasteiger partial charge on any atom is -0.719 e. The zero-order valence-electron chi connectivity index (χ0n) is 3.82. The molecule has 0 aliphatic carbocycles. The van der Waals surface area contributed by atoms with Gasteiger partial charge in [-0.15, -0.1) is 0 Å². The summed E-state index contributed by atoms with van der Waals surface area (Å²) in [5.74, 6) is 0. The molecule has 0 unspecified atom stereocenters. The predicted octanol–water partition coefficient (Wildman–Crippen LogP) is 0.249. The van der Waals surface area contributed by atoms with Crippen LogP contribution < -0.4 is 11.5 Å². The van der Waals surface area contributed by atoms with Crippen molar-refractivity contribution in [3.05, 3.63) is 0 Å². The largest absolute Gasteiger partial charge is 0.719 e. The second-order valence-corrected chi connectivity index (χ2v) is 0.908. The Labute approximate surface area is 42.1 Å². The van der Waals surface area contributed by atoms with Crippen LogP contribution in [0.4, 0.5) is 4.79 Å². The molecule has 0 aromatic heterocycles. The molecule has 0 saturated heterocycles. The molecule has 38 valence electrons. The Hall–Kier alpha value is -0.350. The molecule has 0 rings (SSSR count). The summed E-state index contributed by atoms with van der Waals surface area (Å²) in [4.78, 5) is 9.52.